The monoisotopic (exact) mass is 457 g/mol. The number of carbonyl (C=O) groups is 1. The maximum absolute atomic E-state index is 12.6. The lowest BCUT2D eigenvalue weighted by molar-refractivity contribution is -0.274. The number of morpholine rings is 1. The van der Waals surface area contributed by atoms with Gasteiger partial charge in [-0.15, -0.1) is 0 Å². The van der Waals surface area contributed by atoms with Gasteiger partial charge < -0.3 is 14.8 Å². The van der Waals surface area contributed by atoms with Gasteiger partial charge in [0.15, 0.2) is 0 Å². The molecule has 2 aromatic carbocycles. The Kier molecular flexibility index (Phi) is 5.30. The summed E-state index contributed by atoms with van der Waals surface area (Å²) in [5.41, 5.74) is 3.01. The van der Waals surface area contributed by atoms with E-state index < -0.39 is 6.09 Å². The Hall–Kier alpha value is -2.96. The highest BCUT2D eigenvalue weighted by Gasteiger charge is 2.58. The molecule has 5 saturated heterocycles. The Morgan fingerprint density at radius 2 is 2.12 bits per heavy atom. The van der Waals surface area contributed by atoms with E-state index in [4.69, 9.17) is 9.47 Å². The second-order valence-electron chi connectivity index (χ2n) is 9.96. The summed E-state index contributed by atoms with van der Waals surface area (Å²) in [6, 6.07) is 17.8. The van der Waals surface area contributed by atoms with Crippen LogP contribution < -0.4 is 10.1 Å². The minimum absolute atomic E-state index is 0.0120. The number of carbonyl (C=O) groups excluding carboxylic acids is 1. The lowest BCUT2D eigenvalue weighted by Gasteiger charge is -2.64. The highest BCUT2D eigenvalue weighted by Crippen LogP contribution is 2.54. The van der Waals surface area contributed by atoms with E-state index in [-0.39, 0.29) is 17.7 Å². The second kappa shape index (κ2) is 8.36. The van der Waals surface area contributed by atoms with E-state index in [2.05, 4.69) is 28.2 Å². The summed E-state index contributed by atoms with van der Waals surface area (Å²) >= 11 is 0. The second-order valence-corrected chi connectivity index (χ2v) is 9.96. The highest BCUT2D eigenvalue weighted by molar-refractivity contribution is 5.85. The molecule has 5 aliphatic rings. The number of aromatic nitrogens is 1. The SMILES string of the molecule is CC[C@]12CN3CC[C@H]1C[C@@H]3[C@H](c1ccnc3ccc(OC(=O)N[C@H](C)c4ccccc4)cc13)O2. The molecule has 176 valence electrons. The van der Waals surface area contributed by atoms with Crippen LogP contribution in [0, 0.1) is 5.92 Å². The van der Waals surface area contributed by atoms with Gasteiger partial charge in [0.25, 0.3) is 0 Å². The van der Waals surface area contributed by atoms with E-state index in [1.165, 1.54) is 12.8 Å². The number of piperidine rings is 3. The lowest BCUT2D eigenvalue weighted by Crippen LogP contribution is -2.70. The quantitative estimate of drug-likeness (QED) is 0.556. The van der Waals surface area contributed by atoms with Gasteiger partial charge in [-0.1, -0.05) is 37.3 Å². The molecule has 0 saturated carbocycles. The first kappa shape index (κ1) is 21.6. The summed E-state index contributed by atoms with van der Waals surface area (Å²) in [6.45, 7) is 6.41. The van der Waals surface area contributed by atoms with Gasteiger partial charge in [-0.3, -0.25) is 9.88 Å². The van der Waals surface area contributed by atoms with E-state index in [0.717, 1.165) is 41.5 Å². The summed E-state index contributed by atoms with van der Waals surface area (Å²) in [5.74, 6) is 1.17. The van der Waals surface area contributed by atoms with Gasteiger partial charge in [0.1, 0.15) is 5.75 Å². The topological polar surface area (TPSA) is 63.7 Å². The average Bonchev–Trinajstić information content (AvgIpc) is 2.88. The number of nitrogens with one attached hydrogen (secondary N) is 1. The zero-order valence-electron chi connectivity index (χ0n) is 19.7. The molecule has 1 unspecified atom stereocenters. The van der Waals surface area contributed by atoms with Gasteiger partial charge in [0.2, 0.25) is 0 Å². The van der Waals surface area contributed by atoms with Crippen LogP contribution in [-0.2, 0) is 4.74 Å². The Morgan fingerprint density at radius 1 is 1.26 bits per heavy atom. The molecule has 1 aromatic heterocycles. The van der Waals surface area contributed by atoms with Crippen LogP contribution in [0.3, 0.4) is 0 Å². The largest absolute Gasteiger partial charge is 0.413 e. The van der Waals surface area contributed by atoms with Gasteiger partial charge >= 0.3 is 6.09 Å². The number of pyridine rings is 1. The maximum atomic E-state index is 12.6. The number of ether oxygens (including phenoxy) is 2. The fourth-order valence-corrected chi connectivity index (χ4v) is 6.32. The summed E-state index contributed by atoms with van der Waals surface area (Å²) in [5, 5.41) is 3.91. The zero-order valence-corrected chi connectivity index (χ0v) is 19.7. The molecule has 4 bridgehead atoms. The van der Waals surface area contributed by atoms with Crippen LogP contribution in [0.5, 0.6) is 5.75 Å². The predicted molar refractivity (Wildman–Crippen MR) is 131 cm³/mol. The van der Waals surface area contributed by atoms with Crippen molar-refractivity contribution in [1.29, 1.82) is 0 Å². The third kappa shape index (κ3) is 3.56. The first-order chi connectivity index (χ1) is 16.6. The molecule has 6 nitrogen and oxygen atoms in total. The Morgan fingerprint density at radius 3 is 2.88 bits per heavy atom. The Balaban J connectivity index is 1.26. The molecule has 1 N–H and O–H groups in total. The molecular formula is C28H31N3O3. The van der Waals surface area contributed by atoms with Crippen molar-refractivity contribution < 1.29 is 14.3 Å². The molecule has 34 heavy (non-hydrogen) atoms. The van der Waals surface area contributed by atoms with Crippen molar-refractivity contribution in [1.82, 2.24) is 15.2 Å². The smallest absolute Gasteiger partial charge is 0.410 e. The van der Waals surface area contributed by atoms with Crippen molar-refractivity contribution in [2.75, 3.05) is 13.1 Å². The van der Waals surface area contributed by atoms with Gasteiger partial charge in [-0.25, -0.2) is 4.79 Å². The molecule has 0 radical (unpaired) electrons. The van der Waals surface area contributed by atoms with Crippen LogP contribution in [0.15, 0.2) is 60.8 Å². The van der Waals surface area contributed by atoms with E-state index in [1.807, 2.05) is 55.6 Å². The van der Waals surface area contributed by atoms with Gasteiger partial charge in [-0.05, 0) is 74.0 Å². The van der Waals surface area contributed by atoms with Crippen molar-refractivity contribution in [3.8, 4) is 5.75 Å². The molecule has 0 spiro atoms. The Bertz CT molecular complexity index is 1220. The number of nitrogens with zero attached hydrogens (tertiary/aromatic N) is 2. The molecule has 0 aliphatic carbocycles. The molecule has 5 aliphatic heterocycles. The first-order valence-electron chi connectivity index (χ1n) is 12.4. The van der Waals surface area contributed by atoms with Crippen LogP contribution in [0.4, 0.5) is 4.79 Å². The molecule has 5 fully saturated rings. The minimum atomic E-state index is -0.470. The summed E-state index contributed by atoms with van der Waals surface area (Å²) < 4.78 is 12.6. The van der Waals surface area contributed by atoms with Crippen LogP contribution in [-0.4, -0.2) is 40.7 Å². The van der Waals surface area contributed by atoms with Crippen molar-refractivity contribution in [2.45, 2.75) is 56.9 Å². The van der Waals surface area contributed by atoms with Crippen LogP contribution in [0.25, 0.3) is 10.9 Å². The molecule has 1 amide bonds. The zero-order chi connectivity index (χ0) is 23.3. The number of hydrogen-bond acceptors (Lipinski definition) is 5. The van der Waals surface area contributed by atoms with E-state index in [1.54, 1.807) is 6.07 Å². The Labute approximate surface area is 200 Å². The third-order valence-electron chi connectivity index (χ3n) is 8.18. The van der Waals surface area contributed by atoms with Gasteiger partial charge in [0, 0.05) is 24.2 Å². The normalized spacial score (nSPS) is 30.3. The number of fused-ring (bicyclic) bond motifs is 3. The summed E-state index contributed by atoms with van der Waals surface area (Å²) in [6.07, 6.45) is 4.88. The summed E-state index contributed by atoms with van der Waals surface area (Å²) in [4.78, 5) is 19.8. The van der Waals surface area contributed by atoms with Crippen molar-refractivity contribution in [3.63, 3.8) is 0 Å². The maximum Gasteiger partial charge on any atom is 0.413 e. The molecule has 3 aromatic rings. The standard InChI is InChI=1S/C28H31N3O3/c1-3-28-17-31-14-12-20(28)15-25(31)26(34-28)22-11-13-29-24-10-9-21(16-23(22)24)33-27(32)30-18(2)19-7-5-4-6-8-19/h4-11,13,16,18,20,25-26H,3,12,14-15,17H2,1-2H3,(H,30,32)/t18-,20+,25-,26+,28+/m1/s1. The number of rotatable bonds is 5. The van der Waals surface area contributed by atoms with Crippen molar-refractivity contribution in [2.24, 2.45) is 5.92 Å². The molecule has 6 heteroatoms. The van der Waals surface area contributed by atoms with E-state index >= 15 is 0 Å². The number of hydrogen-bond donors (Lipinski definition) is 1. The predicted octanol–water partition coefficient (Wildman–Crippen LogP) is 5.40. The number of amides is 1. The molecule has 6 atom stereocenters. The van der Waals surface area contributed by atoms with Crippen molar-refractivity contribution >= 4 is 17.0 Å². The first-order valence-corrected chi connectivity index (χ1v) is 12.4. The summed E-state index contributed by atoms with van der Waals surface area (Å²) in [7, 11) is 0. The van der Waals surface area contributed by atoms with E-state index in [9.17, 15) is 4.79 Å². The van der Waals surface area contributed by atoms with Crippen LogP contribution in [0.2, 0.25) is 0 Å². The average molecular weight is 458 g/mol. The fraction of sp³-hybridized carbons (Fsp3) is 0.429. The van der Waals surface area contributed by atoms with Gasteiger partial charge in [-0.2, -0.15) is 0 Å². The third-order valence-corrected chi connectivity index (χ3v) is 8.18. The minimum Gasteiger partial charge on any atom is -0.410 e. The highest BCUT2D eigenvalue weighted by atomic mass is 16.6. The lowest BCUT2D eigenvalue weighted by atomic mass is 9.66. The van der Waals surface area contributed by atoms with Crippen LogP contribution >= 0.6 is 0 Å². The van der Waals surface area contributed by atoms with Gasteiger partial charge in [0.05, 0.1) is 23.3 Å². The molecule has 8 rings (SSSR count). The van der Waals surface area contributed by atoms with Crippen molar-refractivity contribution in [3.05, 3.63) is 71.9 Å². The van der Waals surface area contributed by atoms with Crippen LogP contribution in [0.1, 0.15) is 56.4 Å². The molecule has 6 heterocycles. The number of benzene rings is 2. The fourth-order valence-electron chi connectivity index (χ4n) is 6.32. The van der Waals surface area contributed by atoms with E-state index in [0.29, 0.717) is 17.7 Å². The molecular weight excluding hydrogens is 426 g/mol.